The van der Waals surface area contributed by atoms with Crippen LogP contribution in [0.15, 0.2) is 30.3 Å². The van der Waals surface area contributed by atoms with Crippen molar-refractivity contribution in [1.29, 1.82) is 0 Å². The van der Waals surface area contributed by atoms with Crippen molar-refractivity contribution in [3.8, 4) is 0 Å². The third-order valence-corrected chi connectivity index (χ3v) is 15.1. The van der Waals surface area contributed by atoms with Crippen LogP contribution in [0.5, 0.6) is 0 Å². The molecule has 0 bridgehead atoms. The second-order valence-corrected chi connectivity index (χ2v) is 24.6. The number of benzene rings is 1. The van der Waals surface area contributed by atoms with Crippen LogP contribution in [0.3, 0.4) is 0 Å². The first-order chi connectivity index (χ1) is 18.1. The number of carbonyl (C=O) groups excluding carboxylic acids is 1. The molecule has 7 nitrogen and oxygen atoms in total. The van der Waals surface area contributed by atoms with E-state index in [4.69, 9.17) is 28.1 Å². The molecule has 1 aromatic rings. The summed E-state index contributed by atoms with van der Waals surface area (Å²) in [4.78, 5) is 12.9. The van der Waals surface area contributed by atoms with E-state index in [1.54, 1.807) is 0 Å². The van der Waals surface area contributed by atoms with Crippen molar-refractivity contribution in [2.75, 3.05) is 33.4 Å². The van der Waals surface area contributed by atoms with Crippen molar-refractivity contribution in [2.24, 2.45) is 11.3 Å². The summed E-state index contributed by atoms with van der Waals surface area (Å²) < 4.78 is 37.3. The van der Waals surface area contributed by atoms with E-state index in [1.807, 2.05) is 30.3 Å². The standard InChI is InChI=1S/C30H52O7Si2/c1-28(2,3)39(8,9)37-26-17-27-30(21-35-27,36-23-32-15-16-38(5,6)7)25(18-31)29(26,4)20-34-22-33-19-24-13-11-10-12-14-24/h10-14,18,25-27H,15-17,19-23H2,1-9H3/t25-,26-,27+,29-,30+/m0/s1. The predicted octanol–water partition coefficient (Wildman–Crippen LogP) is 6.26. The molecule has 1 heterocycles. The molecule has 1 aliphatic carbocycles. The van der Waals surface area contributed by atoms with Crippen LogP contribution in [0.1, 0.15) is 39.7 Å². The third-order valence-electron chi connectivity index (χ3n) is 8.93. The van der Waals surface area contributed by atoms with Crippen LogP contribution in [0.25, 0.3) is 0 Å². The lowest BCUT2D eigenvalue weighted by molar-refractivity contribution is -0.344. The Morgan fingerprint density at radius 2 is 1.72 bits per heavy atom. The Kier molecular flexibility index (Phi) is 10.8. The van der Waals surface area contributed by atoms with Gasteiger partial charge in [0.05, 0.1) is 37.9 Å². The number of carbonyl (C=O) groups is 1. The second kappa shape index (κ2) is 12.9. The van der Waals surface area contributed by atoms with Gasteiger partial charge in [0.15, 0.2) is 8.32 Å². The van der Waals surface area contributed by atoms with Gasteiger partial charge >= 0.3 is 0 Å². The quantitative estimate of drug-likeness (QED) is 0.105. The Balaban J connectivity index is 1.74. The van der Waals surface area contributed by atoms with Gasteiger partial charge in [-0.2, -0.15) is 0 Å². The van der Waals surface area contributed by atoms with E-state index < -0.39 is 33.3 Å². The van der Waals surface area contributed by atoms with Gasteiger partial charge in [-0.1, -0.05) is 77.7 Å². The molecule has 0 radical (unpaired) electrons. The molecule has 9 heteroatoms. The molecule has 1 saturated carbocycles. The summed E-state index contributed by atoms with van der Waals surface area (Å²) >= 11 is 0. The summed E-state index contributed by atoms with van der Waals surface area (Å²) in [6.45, 7) is 22.4. The predicted molar refractivity (Wildman–Crippen MR) is 159 cm³/mol. The molecule has 0 unspecified atom stereocenters. The smallest absolute Gasteiger partial charge is 0.192 e. The molecule has 0 N–H and O–H groups in total. The molecular formula is C30H52O7Si2. The monoisotopic (exact) mass is 580 g/mol. The average Bonchev–Trinajstić information content (AvgIpc) is 2.83. The van der Waals surface area contributed by atoms with E-state index in [2.05, 4.69) is 60.4 Å². The van der Waals surface area contributed by atoms with E-state index in [-0.39, 0.29) is 30.8 Å². The number of hydrogen-bond acceptors (Lipinski definition) is 7. The molecule has 222 valence electrons. The van der Waals surface area contributed by atoms with Gasteiger partial charge < -0.3 is 32.9 Å². The van der Waals surface area contributed by atoms with Gasteiger partial charge in [-0.3, -0.25) is 0 Å². The molecule has 2 aliphatic rings. The summed E-state index contributed by atoms with van der Waals surface area (Å²) in [7, 11) is -3.35. The fraction of sp³-hybridized carbons (Fsp3) is 0.767. The van der Waals surface area contributed by atoms with Gasteiger partial charge in [-0.05, 0) is 29.7 Å². The zero-order valence-corrected chi connectivity index (χ0v) is 27.7. The third kappa shape index (κ3) is 7.89. The topological polar surface area (TPSA) is 72.5 Å². The lowest BCUT2D eigenvalue weighted by Crippen LogP contribution is -2.75. The molecule has 39 heavy (non-hydrogen) atoms. The van der Waals surface area contributed by atoms with Crippen LogP contribution in [0, 0.1) is 11.3 Å². The van der Waals surface area contributed by atoms with Gasteiger partial charge in [0.25, 0.3) is 0 Å². The first kappa shape index (κ1) is 32.6. The van der Waals surface area contributed by atoms with Crippen LogP contribution in [0.4, 0.5) is 0 Å². The minimum atomic E-state index is -2.15. The van der Waals surface area contributed by atoms with Crippen LogP contribution in [0.2, 0.25) is 43.8 Å². The summed E-state index contributed by atoms with van der Waals surface area (Å²) in [6, 6.07) is 11.1. The summed E-state index contributed by atoms with van der Waals surface area (Å²) in [6.07, 6.45) is 1.26. The van der Waals surface area contributed by atoms with Crippen molar-refractivity contribution in [1.82, 2.24) is 0 Å². The molecule has 1 aromatic carbocycles. The number of aldehydes is 1. The minimum Gasteiger partial charge on any atom is -0.413 e. The second-order valence-electron chi connectivity index (χ2n) is 14.3. The van der Waals surface area contributed by atoms with E-state index in [1.165, 1.54) is 0 Å². The van der Waals surface area contributed by atoms with Crippen LogP contribution < -0.4 is 0 Å². The SMILES string of the molecule is CC(C)(C)[Si](C)(C)O[C@H]1C[C@H]2OC[C@@]2(OCOCC[Si](C)(C)C)[C@@H](C=O)[C@]1(C)COCOCc1ccccc1. The van der Waals surface area contributed by atoms with E-state index in [0.717, 1.165) is 17.9 Å². The number of hydrogen-bond donors (Lipinski definition) is 0. The van der Waals surface area contributed by atoms with Crippen molar-refractivity contribution < 1.29 is 32.9 Å². The zero-order chi connectivity index (χ0) is 29.0. The van der Waals surface area contributed by atoms with Crippen LogP contribution >= 0.6 is 0 Å². The fourth-order valence-corrected chi connectivity index (χ4v) is 7.37. The number of ether oxygens (including phenoxy) is 5. The Morgan fingerprint density at radius 3 is 2.28 bits per heavy atom. The van der Waals surface area contributed by atoms with Gasteiger partial charge in [0.2, 0.25) is 0 Å². The highest BCUT2D eigenvalue weighted by Crippen LogP contribution is 2.55. The Morgan fingerprint density at radius 1 is 1.03 bits per heavy atom. The maximum Gasteiger partial charge on any atom is 0.192 e. The van der Waals surface area contributed by atoms with Gasteiger partial charge in [0.1, 0.15) is 25.5 Å². The van der Waals surface area contributed by atoms with Crippen molar-refractivity contribution >= 4 is 22.7 Å². The maximum atomic E-state index is 12.9. The highest BCUT2D eigenvalue weighted by molar-refractivity contribution is 6.76. The lowest BCUT2D eigenvalue weighted by atomic mass is 9.57. The molecular weight excluding hydrogens is 528 g/mol. The maximum absolute atomic E-state index is 12.9. The molecule has 1 aliphatic heterocycles. The van der Waals surface area contributed by atoms with E-state index in [9.17, 15) is 4.79 Å². The largest absolute Gasteiger partial charge is 0.413 e. The van der Waals surface area contributed by atoms with Crippen LogP contribution in [-0.4, -0.2) is 73.9 Å². The minimum absolute atomic E-state index is 0.0277. The fourth-order valence-electron chi connectivity index (χ4n) is 5.18. The van der Waals surface area contributed by atoms with E-state index >= 15 is 0 Å². The molecule has 0 spiro atoms. The van der Waals surface area contributed by atoms with Crippen molar-refractivity contribution in [2.45, 2.75) is 102 Å². The van der Waals surface area contributed by atoms with Crippen molar-refractivity contribution in [3.05, 3.63) is 35.9 Å². The summed E-state index contributed by atoms with van der Waals surface area (Å²) in [5.41, 5.74) is -0.269. The number of fused-ring (bicyclic) bond motifs is 1. The van der Waals surface area contributed by atoms with Gasteiger partial charge in [0, 0.05) is 26.5 Å². The van der Waals surface area contributed by atoms with Crippen molar-refractivity contribution in [3.63, 3.8) is 0 Å². The Hall–Kier alpha value is -0.916. The molecule has 1 saturated heterocycles. The molecule has 0 aromatic heterocycles. The van der Waals surface area contributed by atoms with Crippen LogP contribution in [-0.2, 0) is 39.5 Å². The first-order valence-electron chi connectivity index (χ1n) is 14.3. The highest BCUT2D eigenvalue weighted by atomic mass is 28.4. The average molecular weight is 581 g/mol. The summed E-state index contributed by atoms with van der Waals surface area (Å²) in [5, 5.41) is 0.0277. The van der Waals surface area contributed by atoms with Gasteiger partial charge in [-0.25, -0.2) is 0 Å². The molecule has 5 atom stereocenters. The Labute approximate surface area is 238 Å². The van der Waals surface area contributed by atoms with Gasteiger partial charge in [-0.15, -0.1) is 0 Å². The molecule has 0 amide bonds. The first-order valence-corrected chi connectivity index (χ1v) is 20.9. The lowest BCUT2D eigenvalue weighted by Gasteiger charge is -2.63. The molecule has 2 fully saturated rings. The van der Waals surface area contributed by atoms with E-state index in [0.29, 0.717) is 32.8 Å². The summed E-state index contributed by atoms with van der Waals surface area (Å²) in [5.74, 6) is -0.470. The Bertz CT molecular complexity index is 914. The zero-order valence-electron chi connectivity index (χ0n) is 25.7. The number of rotatable bonds is 15. The normalized spacial score (nSPS) is 29.5. The molecule has 3 rings (SSSR count). The highest BCUT2D eigenvalue weighted by Gasteiger charge is 2.67.